The zero-order valence-corrected chi connectivity index (χ0v) is 10.8. The normalized spacial score (nSPS) is 15.4. The zero-order valence-electron chi connectivity index (χ0n) is 10.8. The van der Waals surface area contributed by atoms with Crippen molar-refractivity contribution in [1.82, 2.24) is 0 Å². The molecule has 0 heterocycles. The fourth-order valence-electron chi connectivity index (χ4n) is 2.17. The molecule has 2 N–H and O–H groups in total. The molecular weight excluding hydrogens is 239 g/mol. The molecule has 1 aromatic carbocycles. The standard InChI is InChI=1S/C14H20F3N/c1-3-8-13(2,10-18)9-11-4-6-12(7-5-11)14(15,16)17/h4-7H,3,8-10,18H2,1-2H3. The van der Waals surface area contributed by atoms with Gasteiger partial charge in [0.15, 0.2) is 0 Å². The van der Waals surface area contributed by atoms with Gasteiger partial charge in [-0.25, -0.2) is 0 Å². The van der Waals surface area contributed by atoms with E-state index in [1.807, 2.05) is 0 Å². The van der Waals surface area contributed by atoms with Gasteiger partial charge in [0.05, 0.1) is 5.56 Å². The summed E-state index contributed by atoms with van der Waals surface area (Å²) in [6.45, 7) is 4.71. The molecule has 0 fully saturated rings. The second-order valence-corrected chi connectivity index (χ2v) is 5.14. The summed E-state index contributed by atoms with van der Waals surface area (Å²) in [5.41, 5.74) is 6.03. The van der Waals surface area contributed by atoms with E-state index in [1.54, 1.807) is 12.1 Å². The second kappa shape index (κ2) is 5.74. The maximum Gasteiger partial charge on any atom is 0.416 e. The first-order chi connectivity index (χ1) is 8.30. The minimum atomic E-state index is -4.26. The molecule has 4 heteroatoms. The van der Waals surface area contributed by atoms with Gasteiger partial charge in [-0.1, -0.05) is 32.4 Å². The van der Waals surface area contributed by atoms with Crippen LogP contribution in [0.1, 0.15) is 37.8 Å². The number of nitrogens with two attached hydrogens (primary N) is 1. The topological polar surface area (TPSA) is 26.0 Å². The Kier molecular flexibility index (Phi) is 4.79. The highest BCUT2D eigenvalue weighted by atomic mass is 19.4. The fraction of sp³-hybridized carbons (Fsp3) is 0.571. The van der Waals surface area contributed by atoms with Crippen molar-refractivity contribution in [2.45, 2.75) is 39.3 Å². The number of hydrogen-bond acceptors (Lipinski definition) is 1. The maximum absolute atomic E-state index is 12.4. The van der Waals surface area contributed by atoms with Crippen molar-refractivity contribution in [1.29, 1.82) is 0 Å². The van der Waals surface area contributed by atoms with E-state index in [0.29, 0.717) is 6.54 Å². The Morgan fingerprint density at radius 1 is 1.11 bits per heavy atom. The summed E-state index contributed by atoms with van der Waals surface area (Å²) in [5.74, 6) is 0. The molecule has 1 unspecified atom stereocenters. The van der Waals surface area contributed by atoms with Crippen LogP contribution >= 0.6 is 0 Å². The van der Waals surface area contributed by atoms with Crippen molar-refractivity contribution < 1.29 is 13.2 Å². The molecule has 0 radical (unpaired) electrons. The Bertz CT molecular complexity index is 370. The van der Waals surface area contributed by atoms with Crippen LogP contribution in [0.3, 0.4) is 0 Å². The Morgan fingerprint density at radius 3 is 2.06 bits per heavy atom. The predicted octanol–water partition coefficient (Wildman–Crippen LogP) is 4.01. The Balaban J connectivity index is 2.80. The van der Waals surface area contributed by atoms with Gasteiger partial charge in [0.2, 0.25) is 0 Å². The molecule has 0 aliphatic carbocycles. The van der Waals surface area contributed by atoms with Crippen LogP contribution in [0.15, 0.2) is 24.3 Å². The largest absolute Gasteiger partial charge is 0.416 e. The smallest absolute Gasteiger partial charge is 0.330 e. The molecule has 18 heavy (non-hydrogen) atoms. The molecule has 0 saturated heterocycles. The summed E-state index contributed by atoms with van der Waals surface area (Å²) in [7, 11) is 0. The summed E-state index contributed by atoms with van der Waals surface area (Å²) in [6, 6.07) is 5.37. The molecule has 1 rings (SSSR count). The van der Waals surface area contributed by atoms with E-state index in [9.17, 15) is 13.2 Å². The van der Waals surface area contributed by atoms with Gasteiger partial charge in [-0.15, -0.1) is 0 Å². The number of rotatable bonds is 5. The zero-order chi connectivity index (χ0) is 13.8. The first-order valence-electron chi connectivity index (χ1n) is 6.17. The third-order valence-electron chi connectivity index (χ3n) is 3.26. The van der Waals surface area contributed by atoms with Crippen LogP contribution in [0.4, 0.5) is 13.2 Å². The van der Waals surface area contributed by atoms with Crippen LogP contribution in [0, 0.1) is 5.41 Å². The van der Waals surface area contributed by atoms with Gasteiger partial charge in [0.25, 0.3) is 0 Å². The maximum atomic E-state index is 12.4. The molecule has 0 spiro atoms. The minimum absolute atomic E-state index is 0.0332. The summed E-state index contributed by atoms with van der Waals surface area (Å²) in [6.07, 6.45) is -1.55. The molecule has 1 nitrogen and oxygen atoms in total. The van der Waals surface area contributed by atoms with Crippen LogP contribution in [0.2, 0.25) is 0 Å². The summed E-state index contributed by atoms with van der Waals surface area (Å²) in [4.78, 5) is 0. The van der Waals surface area contributed by atoms with Gasteiger partial charge in [-0.2, -0.15) is 13.2 Å². The van der Waals surface area contributed by atoms with E-state index in [0.717, 1.165) is 37.0 Å². The van der Waals surface area contributed by atoms with Gasteiger partial charge < -0.3 is 5.73 Å². The van der Waals surface area contributed by atoms with E-state index in [4.69, 9.17) is 5.73 Å². The summed E-state index contributed by atoms with van der Waals surface area (Å²) in [5, 5.41) is 0. The van der Waals surface area contributed by atoms with E-state index in [1.165, 1.54) is 0 Å². The van der Waals surface area contributed by atoms with Crippen molar-refractivity contribution in [3.05, 3.63) is 35.4 Å². The lowest BCUT2D eigenvalue weighted by molar-refractivity contribution is -0.137. The van der Waals surface area contributed by atoms with Crippen molar-refractivity contribution in [2.24, 2.45) is 11.1 Å². The average Bonchev–Trinajstić information content (AvgIpc) is 2.29. The quantitative estimate of drug-likeness (QED) is 0.849. The fourth-order valence-corrected chi connectivity index (χ4v) is 2.17. The van der Waals surface area contributed by atoms with Crippen LogP contribution in [0.25, 0.3) is 0 Å². The van der Waals surface area contributed by atoms with Crippen LogP contribution < -0.4 is 5.73 Å². The van der Waals surface area contributed by atoms with E-state index in [-0.39, 0.29) is 5.41 Å². The third kappa shape index (κ3) is 4.02. The van der Waals surface area contributed by atoms with Crippen molar-refractivity contribution in [2.75, 3.05) is 6.54 Å². The SMILES string of the molecule is CCCC(C)(CN)Cc1ccc(C(F)(F)F)cc1. The Labute approximate surface area is 106 Å². The molecular formula is C14H20F3N. The second-order valence-electron chi connectivity index (χ2n) is 5.14. The molecule has 0 bridgehead atoms. The molecule has 1 atom stereocenters. The molecule has 0 aliphatic heterocycles. The van der Waals surface area contributed by atoms with Gasteiger partial charge >= 0.3 is 6.18 Å². The van der Waals surface area contributed by atoms with Gasteiger partial charge in [0.1, 0.15) is 0 Å². The van der Waals surface area contributed by atoms with E-state index in [2.05, 4.69) is 13.8 Å². The van der Waals surface area contributed by atoms with Crippen LogP contribution in [-0.2, 0) is 12.6 Å². The molecule has 0 amide bonds. The van der Waals surface area contributed by atoms with Crippen molar-refractivity contribution >= 4 is 0 Å². The van der Waals surface area contributed by atoms with Crippen LogP contribution in [-0.4, -0.2) is 6.54 Å². The summed E-state index contributed by atoms with van der Waals surface area (Å²) >= 11 is 0. The molecule has 102 valence electrons. The lowest BCUT2D eigenvalue weighted by atomic mass is 9.80. The van der Waals surface area contributed by atoms with Crippen molar-refractivity contribution in [3.63, 3.8) is 0 Å². The number of hydrogen-bond donors (Lipinski definition) is 1. The number of alkyl halides is 3. The lowest BCUT2D eigenvalue weighted by Crippen LogP contribution is -2.29. The predicted molar refractivity (Wildman–Crippen MR) is 67.2 cm³/mol. The first kappa shape index (κ1) is 15.0. The molecule has 1 aromatic rings. The first-order valence-corrected chi connectivity index (χ1v) is 6.17. The third-order valence-corrected chi connectivity index (χ3v) is 3.26. The molecule has 0 aromatic heterocycles. The monoisotopic (exact) mass is 259 g/mol. The lowest BCUT2D eigenvalue weighted by Gasteiger charge is -2.27. The molecule has 0 aliphatic rings. The van der Waals surface area contributed by atoms with Gasteiger partial charge in [-0.3, -0.25) is 0 Å². The van der Waals surface area contributed by atoms with Gasteiger partial charge in [0, 0.05) is 0 Å². The Morgan fingerprint density at radius 2 is 1.67 bits per heavy atom. The van der Waals surface area contributed by atoms with E-state index >= 15 is 0 Å². The highest BCUT2D eigenvalue weighted by Gasteiger charge is 2.30. The minimum Gasteiger partial charge on any atom is -0.330 e. The molecule has 0 saturated carbocycles. The average molecular weight is 259 g/mol. The van der Waals surface area contributed by atoms with Crippen molar-refractivity contribution in [3.8, 4) is 0 Å². The summed E-state index contributed by atoms with van der Waals surface area (Å²) < 4.78 is 37.3. The van der Waals surface area contributed by atoms with Gasteiger partial charge in [-0.05, 0) is 42.5 Å². The van der Waals surface area contributed by atoms with E-state index < -0.39 is 11.7 Å². The highest BCUT2D eigenvalue weighted by molar-refractivity contribution is 5.25. The van der Waals surface area contributed by atoms with Crippen LogP contribution in [0.5, 0.6) is 0 Å². The number of benzene rings is 1. The highest BCUT2D eigenvalue weighted by Crippen LogP contribution is 2.31. The number of halogens is 3. The Hall–Kier alpha value is -1.03.